The van der Waals surface area contributed by atoms with E-state index in [0.717, 1.165) is 36.8 Å². The molecule has 1 aliphatic carbocycles. The molecule has 0 radical (unpaired) electrons. The first-order chi connectivity index (χ1) is 9.63. The van der Waals surface area contributed by atoms with Crippen molar-refractivity contribution in [1.29, 1.82) is 0 Å². The topological polar surface area (TPSA) is 32.3 Å². The van der Waals surface area contributed by atoms with Crippen LogP contribution in [0.15, 0.2) is 28.7 Å². The molecule has 1 aliphatic heterocycles. The maximum atomic E-state index is 12.3. The highest BCUT2D eigenvalue weighted by molar-refractivity contribution is 9.10. The fourth-order valence-electron chi connectivity index (χ4n) is 3.02. The van der Waals surface area contributed by atoms with Crippen molar-refractivity contribution >= 4 is 21.8 Å². The number of likely N-dealkylation sites (tertiary alicyclic amines) is 1. The zero-order chi connectivity index (χ0) is 14.1. The van der Waals surface area contributed by atoms with Crippen LogP contribution in [0.3, 0.4) is 0 Å². The fourth-order valence-corrected chi connectivity index (χ4v) is 3.29. The highest BCUT2D eigenvalue weighted by Gasteiger charge is 2.44. The highest BCUT2D eigenvalue weighted by atomic mass is 79.9. The van der Waals surface area contributed by atoms with Crippen molar-refractivity contribution in [3.8, 4) is 0 Å². The first-order valence-electron chi connectivity index (χ1n) is 7.38. The van der Waals surface area contributed by atoms with Crippen LogP contribution in [0, 0.1) is 5.92 Å². The van der Waals surface area contributed by atoms with Crippen LogP contribution < -0.4 is 5.32 Å². The SMILES string of the molecule is CN1CCC(NC(=O)[C@H]2C[C@H]2c2ccc(Br)cc2)CC1. The molecule has 1 saturated heterocycles. The molecule has 1 saturated carbocycles. The molecule has 2 atom stereocenters. The average molecular weight is 337 g/mol. The predicted molar refractivity (Wildman–Crippen MR) is 83.7 cm³/mol. The van der Waals surface area contributed by atoms with Gasteiger partial charge in [-0.05, 0) is 63.0 Å². The summed E-state index contributed by atoms with van der Waals surface area (Å²) >= 11 is 3.45. The van der Waals surface area contributed by atoms with Gasteiger partial charge in [0.25, 0.3) is 0 Å². The molecule has 20 heavy (non-hydrogen) atoms. The summed E-state index contributed by atoms with van der Waals surface area (Å²) in [6, 6.07) is 8.74. The van der Waals surface area contributed by atoms with E-state index in [1.165, 1.54) is 5.56 Å². The van der Waals surface area contributed by atoms with Crippen molar-refractivity contribution in [2.75, 3.05) is 20.1 Å². The van der Waals surface area contributed by atoms with Crippen LogP contribution in [0.25, 0.3) is 0 Å². The average Bonchev–Trinajstić information content (AvgIpc) is 3.23. The van der Waals surface area contributed by atoms with Gasteiger partial charge in [0.05, 0.1) is 0 Å². The molecule has 3 nitrogen and oxygen atoms in total. The normalized spacial score (nSPS) is 27.3. The van der Waals surface area contributed by atoms with E-state index in [1.54, 1.807) is 0 Å². The van der Waals surface area contributed by atoms with E-state index in [2.05, 4.69) is 57.5 Å². The Labute approximate surface area is 128 Å². The number of rotatable bonds is 3. The molecular weight excluding hydrogens is 316 g/mol. The monoisotopic (exact) mass is 336 g/mol. The van der Waals surface area contributed by atoms with Gasteiger partial charge in [0.2, 0.25) is 5.91 Å². The summed E-state index contributed by atoms with van der Waals surface area (Å²) in [6.45, 7) is 2.18. The number of benzene rings is 1. The van der Waals surface area contributed by atoms with Gasteiger partial charge in [0.1, 0.15) is 0 Å². The number of piperidine rings is 1. The van der Waals surface area contributed by atoms with E-state index in [4.69, 9.17) is 0 Å². The summed E-state index contributed by atoms with van der Waals surface area (Å²) in [7, 11) is 2.14. The second kappa shape index (κ2) is 5.86. The van der Waals surface area contributed by atoms with Crippen LogP contribution in [0.5, 0.6) is 0 Å². The van der Waals surface area contributed by atoms with Gasteiger partial charge in [-0.2, -0.15) is 0 Å². The third kappa shape index (κ3) is 3.23. The zero-order valence-electron chi connectivity index (χ0n) is 11.8. The standard InChI is InChI=1S/C16H21BrN2O/c1-19-8-6-13(7-9-19)18-16(20)15-10-14(15)11-2-4-12(17)5-3-11/h2-5,13-15H,6-10H2,1H3,(H,18,20)/t14-,15-/m0/s1. The number of hydrogen-bond acceptors (Lipinski definition) is 2. The lowest BCUT2D eigenvalue weighted by Crippen LogP contribution is -2.44. The van der Waals surface area contributed by atoms with Crippen molar-refractivity contribution in [1.82, 2.24) is 10.2 Å². The molecule has 1 aromatic carbocycles. The smallest absolute Gasteiger partial charge is 0.223 e. The summed E-state index contributed by atoms with van der Waals surface area (Å²) in [5, 5.41) is 3.24. The minimum Gasteiger partial charge on any atom is -0.353 e. The molecule has 2 aliphatic rings. The van der Waals surface area contributed by atoms with Gasteiger partial charge >= 0.3 is 0 Å². The van der Waals surface area contributed by atoms with E-state index in [9.17, 15) is 4.79 Å². The Hall–Kier alpha value is -0.870. The van der Waals surface area contributed by atoms with Crippen molar-refractivity contribution in [3.63, 3.8) is 0 Å². The summed E-state index contributed by atoms with van der Waals surface area (Å²) in [5.41, 5.74) is 1.29. The van der Waals surface area contributed by atoms with Crippen LogP contribution in [0.4, 0.5) is 0 Å². The quantitative estimate of drug-likeness (QED) is 0.920. The first-order valence-corrected chi connectivity index (χ1v) is 8.17. The second-order valence-electron chi connectivity index (χ2n) is 6.09. The summed E-state index contributed by atoms with van der Waals surface area (Å²) in [4.78, 5) is 14.6. The van der Waals surface area contributed by atoms with Crippen LogP contribution in [0.2, 0.25) is 0 Å². The zero-order valence-corrected chi connectivity index (χ0v) is 13.4. The van der Waals surface area contributed by atoms with Gasteiger partial charge in [0, 0.05) is 16.4 Å². The molecule has 2 fully saturated rings. The van der Waals surface area contributed by atoms with Crippen molar-refractivity contribution in [2.24, 2.45) is 5.92 Å². The van der Waals surface area contributed by atoms with Gasteiger partial charge in [0.15, 0.2) is 0 Å². The van der Waals surface area contributed by atoms with Crippen LogP contribution >= 0.6 is 15.9 Å². The minimum absolute atomic E-state index is 0.191. The van der Waals surface area contributed by atoms with Crippen LogP contribution in [0.1, 0.15) is 30.7 Å². The number of nitrogens with one attached hydrogen (secondary N) is 1. The van der Waals surface area contributed by atoms with E-state index in [1.807, 2.05) is 0 Å². The van der Waals surface area contributed by atoms with E-state index in [0.29, 0.717) is 12.0 Å². The Kier molecular flexibility index (Phi) is 4.13. The molecule has 108 valence electrons. The third-order valence-corrected chi connectivity index (χ3v) is 5.02. The molecular formula is C16H21BrN2O. The minimum atomic E-state index is 0.191. The van der Waals surface area contributed by atoms with Crippen molar-refractivity contribution < 1.29 is 4.79 Å². The molecule has 3 rings (SSSR count). The van der Waals surface area contributed by atoms with E-state index >= 15 is 0 Å². The highest BCUT2D eigenvalue weighted by Crippen LogP contribution is 2.47. The van der Waals surface area contributed by atoms with Gasteiger partial charge in [-0.3, -0.25) is 4.79 Å². The Bertz CT molecular complexity index is 480. The second-order valence-corrected chi connectivity index (χ2v) is 7.00. The predicted octanol–water partition coefficient (Wildman–Crippen LogP) is 2.76. The largest absolute Gasteiger partial charge is 0.353 e. The maximum Gasteiger partial charge on any atom is 0.223 e. The lowest BCUT2D eigenvalue weighted by atomic mass is 10.0. The number of amides is 1. The van der Waals surface area contributed by atoms with E-state index < -0.39 is 0 Å². The Morgan fingerprint density at radius 1 is 1.25 bits per heavy atom. The molecule has 1 amide bonds. The lowest BCUT2D eigenvalue weighted by molar-refractivity contribution is -0.123. The number of carbonyl (C=O) groups is 1. The molecule has 4 heteroatoms. The molecule has 0 aromatic heterocycles. The Morgan fingerprint density at radius 3 is 2.55 bits per heavy atom. The first kappa shape index (κ1) is 14.1. The fraction of sp³-hybridized carbons (Fsp3) is 0.562. The van der Waals surface area contributed by atoms with Crippen molar-refractivity contribution in [2.45, 2.75) is 31.2 Å². The third-order valence-electron chi connectivity index (χ3n) is 4.49. The number of nitrogens with zero attached hydrogens (tertiary/aromatic N) is 1. The van der Waals surface area contributed by atoms with E-state index in [-0.39, 0.29) is 11.8 Å². The molecule has 0 unspecified atom stereocenters. The van der Waals surface area contributed by atoms with Gasteiger partial charge in [-0.25, -0.2) is 0 Å². The van der Waals surface area contributed by atoms with Gasteiger partial charge in [-0.1, -0.05) is 28.1 Å². The van der Waals surface area contributed by atoms with Crippen molar-refractivity contribution in [3.05, 3.63) is 34.3 Å². The summed E-state index contributed by atoms with van der Waals surface area (Å²) in [5.74, 6) is 0.873. The molecule has 0 bridgehead atoms. The van der Waals surface area contributed by atoms with Gasteiger partial charge < -0.3 is 10.2 Å². The molecule has 1 aromatic rings. The number of hydrogen-bond donors (Lipinski definition) is 1. The van der Waals surface area contributed by atoms with Crippen LogP contribution in [-0.2, 0) is 4.79 Å². The lowest BCUT2D eigenvalue weighted by Gasteiger charge is -2.29. The molecule has 1 N–H and O–H groups in total. The number of carbonyl (C=O) groups excluding carboxylic acids is 1. The Balaban J connectivity index is 1.51. The summed E-state index contributed by atoms with van der Waals surface area (Å²) in [6.07, 6.45) is 3.16. The maximum absolute atomic E-state index is 12.3. The van der Waals surface area contributed by atoms with Crippen LogP contribution in [-0.4, -0.2) is 37.0 Å². The Morgan fingerprint density at radius 2 is 1.90 bits per heavy atom. The number of halogens is 1. The summed E-state index contributed by atoms with van der Waals surface area (Å²) < 4.78 is 1.09. The van der Waals surface area contributed by atoms with Gasteiger partial charge in [-0.15, -0.1) is 0 Å². The molecule has 0 spiro atoms. The molecule has 1 heterocycles.